The molecular weight excluding hydrogens is 498 g/mol. The lowest BCUT2D eigenvalue weighted by Gasteiger charge is -2.24. The molecule has 3 aromatic rings. The molecule has 1 aromatic heterocycles. The van der Waals surface area contributed by atoms with Gasteiger partial charge in [0.15, 0.2) is 0 Å². The van der Waals surface area contributed by atoms with Crippen molar-refractivity contribution in [2.45, 2.75) is 53.0 Å². The molecule has 0 aliphatic carbocycles. The minimum absolute atomic E-state index is 0.0569. The van der Waals surface area contributed by atoms with E-state index in [1.54, 1.807) is 10.4 Å². The van der Waals surface area contributed by atoms with Crippen molar-refractivity contribution in [1.29, 1.82) is 0 Å². The maximum absolute atomic E-state index is 13.1. The number of H-pyrrole nitrogens is 1. The molecule has 0 bridgehead atoms. The maximum atomic E-state index is 13.1. The van der Waals surface area contributed by atoms with Crippen molar-refractivity contribution in [3.05, 3.63) is 54.1 Å². The molecule has 11 nitrogen and oxygen atoms in total. The maximum Gasteiger partial charge on any atom is 0.255 e. The fourth-order valence-electron chi connectivity index (χ4n) is 4.34. The Balaban J connectivity index is 1.70. The topological polar surface area (TPSA) is 153 Å². The predicted molar refractivity (Wildman–Crippen MR) is 146 cm³/mol. The third-order valence-electron chi connectivity index (χ3n) is 6.40. The summed E-state index contributed by atoms with van der Waals surface area (Å²) in [7, 11) is 0. The Morgan fingerprint density at radius 3 is 2.33 bits per heavy atom. The zero-order chi connectivity index (χ0) is 28.2. The molecule has 3 amide bonds. The first kappa shape index (κ1) is 29.4. The largest absolute Gasteiger partial charge is 0.346 e. The molecule has 2 aromatic carbocycles. The summed E-state index contributed by atoms with van der Waals surface area (Å²) in [5.41, 5.74) is 5.30. The molecule has 39 heavy (non-hydrogen) atoms. The van der Waals surface area contributed by atoms with Crippen molar-refractivity contribution in [1.82, 2.24) is 36.3 Å². The van der Waals surface area contributed by atoms with Crippen LogP contribution in [0.4, 0.5) is 0 Å². The van der Waals surface area contributed by atoms with Gasteiger partial charge < -0.3 is 10.2 Å². The van der Waals surface area contributed by atoms with Gasteiger partial charge in [0, 0.05) is 18.7 Å². The van der Waals surface area contributed by atoms with Gasteiger partial charge >= 0.3 is 0 Å². The van der Waals surface area contributed by atoms with E-state index in [4.69, 9.17) is 5.21 Å². The zero-order valence-corrected chi connectivity index (χ0v) is 22.7. The Bertz CT molecular complexity index is 1210. The zero-order valence-electron chi connectivity index (χ0n) is 22.7. The van der Waals surface area contributed by atoms with E-state index in [1.807, 2.05) is 62.4 Å². The average molecular weight is 536 g/mol. The van der Waals surface area contributed by atoms with Crippen molar-refractivity contribution in [3.63, 3.8) is 0 Å². The second-order valence-corrected chi connectivity index (χ2v) is 9.88. The highest BCUT2D eigenvalue weighted by Crippen LogP contribution is 2.29. The van der Waals surface area contributed by atoms with E-state index in [9.17, 15) is 14.4 Å². The summed E-state index contributed by atoms with van der Waals surface area (Å²) < 4.78 is 0. The number of nitrogens with zero attached hydrogens (tertiary/aromatic N) is 4. The third-order valence-corrected chi connectivity index (χ3v) is 6.40. The van der Waals surface area contributed by atoms with Gasteiger partial charge in [0.25, 0.3) is 5.91 Å². The first-order valence-electron chi connectivity index (χ1n) is 13.3. The van der Waals surface area contributed by atoms with Crippen molar-refractivity contribution in [2.75, 3.05) is 13.1 Å². The summed E-state index contributed by atoms with van der Waals surface area (Å²) in [6.07, 6.45) is 3.10. The predicted octanol–water partition coefficient (Wildman–Crippen LogP) is 3.34. The fraction of sp³-hybridized carbons (Fsp3) is 0.429. The highest BCUT2D eigenvalue weighted by molar-refractivity contribution is 6.00. The first-order chi connectivity index (χ1) is 18.8. The molecule has 0 saturated heterocycles. The Hall–Kier alpha value is -4.12. The third kappa shape index (κ3) is 8.44. The number of tetrazole rings is 1. The number of carbonyl (C=O) groups is 3. The van der Waals surface area contributed by atoms with E-state index in [0.717, 1.165) is 41.5 Å². The molecule has 1 atom stereocenters. The average Bonchev–Trinajstić information content (AvgIpc) is 3.49. The molecule has 4 N–H and O–H groups in total. The van der Waals surface area contributed by atoms with Crippen molar-refractivity contribution >= 4 is 17.7 Å². The molecular formula is C28H37N7O4. The van der Waals surface area contributed by atoms with Crippen molar-refractivity contribution in [3.8, 4) is 22.5 Å². The summed E-state index contributed by atoms with van der Waals surface area (Å²) >= 11 is 0. The summed E-state index contributed by atoms with van der Waals surface area (Å²) in [6, 6.07) is 15.7. The van der Waals surface area contributed by atoms with Crippen LogP contribution in [0.25, 0.3) is 22.5 Å². The Labute approximate surface area is 228 Å². The van der Waals surface area contributed by atoms with Gasteiger partial charge in [-0.2, -0.15) is 5.21 Å². The van der Waals surface area contributed by atoms with Gasteiger partial charge in [-0.3, -0.25) is 19.6 Å². The number of nitrogens with one attached hydrogen (secondary N) is 3. The van der Waals surface area contributed by atoms with Crippen LogP contribution in [-0.2, 0) is 20.9 Å². The number of amides is 3. The molecule has 0 spiro atoms. The van der Waals surface area contributed by atoms with E-state index >= 15 is 0 Å². The van der Waals surface area contributed by atoms with Gasteiger partial charge in [0.05, 0.1) is 6.54 Å². The number of aromatic amines is 1. The highest BCUT2D eigenvalue weighted by Gasteiger charge is 2.28. The van der Waals surface area contributed by atoms with Crippen LogP contribution in [0.15, 0.2) is 48.5 Å². The Kier molecular flexibility index (Phi) is 11.1. The number of unbranched alkanes of at least 4 members (excludes halogenated alkanes) is 2. The van der Waals surface area contributed by atoms with E-state index in [2.05, 4.69) is 32.9 Å². The number of hydroxylamine groups is 1. The lowest BCUT2D eigenvalue weighted by molar-refractivity contribution is -0.143. The molecule has 208 valence electrons. The SMILES string of the molecule is CCCCCN(Cc1ccc(-c2ccccc2-c2nn[nH]n2)cc1)C(=O)CNC(=O)C(CC(C)C)C(=O)NO. The molecule has 1 heterocycles. The molecule has 1 unspecified atom stereocenters. The van der Waals surface area contributed by atoms with Crippen LogP contribution in [0.1, 0.15) is 52.0 Å². The van der Waals surface area contributed by atoms with Crippen LogP contribution in [0.2, 0.25) is 0 Å². The van der Waals surface area contributed by atoms with Crippen LogP contribution in [-0.4, -0.2) is 61.5 Å². The monoisotopic (exact) mass is 535 g/mol. The van der Waals surface area contributed by atoms with Crippen LogP contribution in [0.3, 0.4) is 0 Å². The number of aromatic nitrogens is 4. The summed E-state index contributed by atoms with van der Waals surface area (Å²) in [5, 5.41) is 25.9. The van der Waals surface area contributed by atoms with E-state index < -0.39 is 17.7 Å². The normalized spacial score (nSPS) is 11.7. The molecule has 0 aliphatic heterocycles. The Morgan fingerprint density at radius 2 is 1.72 bits per heavy atom. The molecule has 0 fully saturated rings. The number of hydrogen-bond donors (Lipinski definition) is 4. The minimum Gasteiger partial charge on any atom is -0.346 e. The smallest absolute Gasteiger partial charge is 0.255 e. The van der Waals surface area contributed by atoms with Crippen LogP contribution < -0.4 is 10.8 Å². The highest BCUT2D eigenvalue weighted by atomic mass is 16.5. The van der Waals surface area contributed by atoms with E-state index in [0.29, 0.717) is 18.9 Å². The van der Waals surface area contributed by atoms with Crippen LogP contribution in [0.5, 0.6) is 0 Å². The first-order valence-corrected chi connectivity index (χ1v) is 13.3. The number of rotatable bonds is 14. The standard InChI is InChI=1S/C28H37N7O4/c1-4-5-8-15-35(25(36)17-29-27(37)24(16-19(2)3)28(38)32-39)18-20-11-13-21(14-12-20)22-9-6-7-10-23(22)26-30-33-34-31-26/h6-7,9-14,19,24,39H,4-5,8,15-18H2,1-3H3,(H,29,37)(H,32,38)(H,30,31,33,34). The van der Waals surface area contributed by atoms with Gasteiger partial charge in [-0.15, -0.1) is 10.2 Å². The van der Waals surface area contributed by atoms with Gasteiger partial charge in [0.2, 0.25) is 17.6 Å². The quantitative estimate of drug-likeness (QED) is 0.107. The second kappa shape index (κ2) is 14.7. The molecule has 0 radical (unpaired) electrons. The molecule has 0 saturated carbocycles. The van der Waals surface area contributed by atoms with Gasteiger partial charge in [-0.05, 0) is 40.7 Å². The van der Waals surface area contributed by atoms with Gasteiger partial charge in [0.1, 0.15) is 5.92 Å². The van der Waals surface area contributed by atoms with E-state index in [-0.39, 0.29) is 24.8 Å². The summed E-state index contributed by atoms with van der Waals surface area (Å²) in [5.74, 6) is -2.10. The molecule has 0 aliphatic rings. The molecule has 11 heteroatoms. The van der Waals surface area contributed by atoms with Crippen LogP contribution in [0, 0.1) is 11.8 Å². The molecule has 3 rings (SSSR count). The van der Waals surface area contributed by atoms with Crippen LogP contribution >= 0.6 is 0 Å². The summed E-state index contributed by atoms with van der Waals surface area (Å²) in [4.78, 5) is 39.5. The number of carbonyl (C=O) groups excluding carboxylic acids is 3. The second-order valence-electron chi connectivity index (χ2n) is 9.88. The van der Waals surface area contributed by atoms with E-state index in [1.165, 1.54) is 0 Å². The van der Waals surface area contributed by atoms with Crippen molar-refractivity contribution < 1.29 is 19.6 Å². The number of hydrogen-bond acceptors (Lipinski definition) is 7. The lowest BCUT2D eigenvalue weighted by Crippen LogP contribution is -2.45. The Morgan fingerprint density at radius 1 is 1.00 bits per heavy atom. The van der Waals surface area contributed by atoms with Gasteiger partial charge in [-0.1, -0.05) is 82.1 Å². The lowest BCUT2D eigenvalue weighted by atomic mass is 9.95. The van der Waals surface area contributed by atoms with Gasteiger partial charge in [-0.25, -0.2) is 5.48 Å². The minimum atomic E-state index is -1.07. The summed E-state index contributed by atoms with van der Waals surface area (Å²) in [6.45, 7) is 6.56. The fourth-order valence-corrected chi connectivity index (χ4v) is 4.34. The van der Waals surface area contributed by atoms with Crippen molar-refractivity contribution in [2.24, 2.45) is 11.8 Å². The number of benzene rings is 2.